The Morgan fingerprint density at radius 3 is 1.77 bits per heavy atom. The number of benzene rings is 8. The molecule has 0 bridgehead atoms. The summed E-state index contributed by atoms with van der Waals surface area (Å²) in [5.41, 5.74) is 8.90. The van der Waals surface area contributed by atoms with Crippen molar-refractivity contribution in [3.8, 4) is 33.4 Å². The second-order valence-corrected chi connectivity index (χ2v) is 11.2. The second-order valence-electron chi connectivity index (χ2n) is 11.2. The minimum Gasteiger partial charge on any atom is -0.455 e. The fourth-order valence-corrected chi connectivity index (χ4v) is 6.93. The summed E-state index contributed by atoms with van der Waals surface area (Å²) in [6.45, 7) is 0. The van der Waals surface area contributed by atoms with Gasteiger partial charge in [0.1, 0.15) is 11.2 Å². The van der Waals surface area contributed by atoms with Crippen molar-refractivity contribution >= 4 is 54.3 Å². The Morgan fingerprint density at radius 1 is 0.419 bits per heavy atom. The van der Waals surface area contributed by atoms with Gasteiger partial charge < -0.3 is 4.42 Å². The summed E-state index contributed by atoms with van der Waals surface area (Å²) in [6, 6.07) is 54.0. The molecule has 0 fully saturated rings. The third-order valence-electron chi connectivity index (χ3n) is 8.79. The fourth-order valence-electron chi connectivity index (χ4n) is 6.93. The van der Waals surface area contributed by atoms with Gasteiger partial charge in [0, 0.05) is 16.2 Å². The normalized spacial score (nSPS) is 12.0. The summed E-state index contributed by atoms with van der Waals surface area (Å²) in [5, 5.41) is 9.47. The molecule has 0 atom stereocenters. The second kappa shape index (κ2) is 9.44. The molecule has 9 rings (SSSR count). The molecular formula is C42H26O. The van der Waals surface area contributed by atoms with Gasteiger partial charge in [-0.25, -0.2) is 0 Å². The zero-order valence-corrected chi connectivity index (χ0v) is 23.3. The quantitative estimate of drug-likeness (QED) is 0.201. The van der Waals surface area contributed by atoms with Gasteiger partial charge in [-0.3, -0.25) is 0 Å². The van der Waals surface area contributed by atoms with E-state index in [0.717, 1.165) is 38.5 Å². The molecule has 0 aliphatic carbocycles. The molecule has 0 amide bonds. The molecule has 1 heterocycles. The van der Waals surface area contributed by atoms with Crippen LogP contribution in [0, 0.1) is 0 Å². The number of rotatable bonds is 3. The lowest BCUT2D eigenvalue weighted by molar-refractivity contribution is 0.673. The summed E-state index contributed by atoms with van der Waals surface area (Å²) in [6.07, 6.45) is 0. The van der Waals surface area contributed by atoms with E-state index in [2.05, 4.69) is 127 Å². The van der Waals surface area contributed by atoms with E-state index in [-0.39, 0.29) is 0 Å². The topological polar surface area (TPSA) is 13.1 Å². The fraction of sp³-hybridized carbons (Fsp3) is 0. The third kappa shape index (κ3) is 3.65. The molecule has 0 saturated carbocycles. The first kappa shape index (κ1) is 23.0. The summed E-state index contributed by atoms with van der Waals surface area (Å²) < 4.78 is 14.5. The van der Waals surface area contributed by atoms with Crippen molar-refractivity contribution < 1.29 is 5.79 Å². The maximum absolute atomic E-state index is 7.92. The zero-order valence-electron chi connectivity index (χ0n) is 24.3. The van der Waals surface area contributed by atoms with Crippen LogP contribution in [0.4, 0.5) is 0 Å². The van der Waals surface area contributed by atoms with Gasteiger partial charge in [-0.2, -0.15) is 0 Å². The minimum absolute atomic E-state index is 0.520. The van der Waals surface area contributed by atoms with Crippen LogP contribution in [0.25, 0.3) is 87.6 Å². The molecule has 43 heavy (non-hydrogen) atoms. The van der Waals surface area contributed by atoms with Crippen molar-refractivity contribution in [3.63, 3.8) is 0 Å². The van der Waals surface area contributed by atoms with E-state index < -0.39 is 0 Å². The van der Waals surface area contributed by atoms with Crippen LogP contribution in [0.2, 0.25) is 0 Å². The number of fused-ring (bicyclic) bond motifs is 7. The molecule has 0 radical (unpaired) electrons. The van der Waals surface area contributed by atoms with E-state index in [1.807, 2.05) is 24.3 Å². The van der Waals surface area contributed by atoms with Crippen LogP contribution in [0.1, 0.15) is 1.37 Å². The van der Waals surface area contributed by atoms with Gasteiger partial charge >= 0.3 is 0 Å². The van der Waals surface area contributed by atoms with Crippen molar-refractivity contribution in [3.05, 3.63) is 158 Å². The molecule has 1 aromatic heterocycles. The van der Waals surface area contributed by atoms with Crippen LogP contribution in [0.15, 0.2) is 162 Å². The lowest BCUT2D eigenvalue weighted by Gasteiger charge is -2.18. The van der Waals surface area contributed by atoms with Crippen molar-refractivity contribution in [1.29, 1.82) is 0 Å². The first-order valence-corrected chi connectivity index (χ1v) is 14.7. The SMILES string of the molecule is [2H]c1ccc(-c2cccc(-c3c4ccccc4c(-c4cccc5oc6c7ccccc7ccc6c45)c4ccccc34)c2)cc1. The highest BCUT2D eigenvalue weighted by Crippen LogP contribution is 2.47. The molecule has 1 nitrogen and oxygen atoms in total. The molecule has 0 aliphatic heterocycles. The van der Waals surface area contributed by atoms with Crippen molar-refractivity contribution in [2.45, 2.75) is 0 Å². The smallest absolute Gasteiger partial charge is 0.143 e. The summed E-state index contributed by atoms with van der Waals surface area (Å²) in [5.74, 6) is 0. The Morgan fingerprint density at radius 2 is 1.02 bits per heavy atom. The molecule has 0 unspecified atom stereocenters. The zero-order chi connectivity index (χ0) is 29.2. The molecule has 0 aliphatic rings. The van der Waals surface area contributed by atoms with Crippen molar-refractivity contribution in [1.82, 2.24) is 0 Å². The van der Waals surface area contributed by atoms with Gasteiger partial charge in [-0.05, 0) is 78.5 Å². The lowest BCUT2D eigenvalue weighted by Crippen LogP contribution is -1.91. The predicted molar refractivity (Wildman–Crippen MR) is 183 cm³/mol. The summed E-state index contributed by atoms with van der Waals surface area (Å²) in [4.78, 5) is 0. The molecule has 9 aromatic rings. The van der Waals surface area contributed by atoms with Gasteiger partial charge in [-0.15, -0.1) is 0 Å². The average molecular weight is 548 g/mol. The maximum atomic E-state index is 7.92. The monoisotopic (exact) mass is 547 g/mol. The van der Waals surface area contributed by atoms with Crippen LogP contribution in [0.5, 0.6) is 0 Å². The van der Waals surface area contributed by atoms with Crippen LogP contribution in [-0.4, -0.2) is 0 Å². The van der Waals surface area contributed by atoms with E-state index >= 15 is 0 Å². The molecular weight excluding hydrogens is 520 g/mol. The molecule has 0 N–H and O–H groups in total. The summed E-state index contributed by atoms with van der Waals surface area (Å²) >= 11 is 0. The molecule has 8 aromatic carbocycles. The Hall–Kier alpha value is -5.66. The number of furan rings is 1. The molecule has 0 spiro atoms. The minimum atomic E-state index is 0.520. The standard InChI is InChI=1S/C42H26O/c1-2-12-27(13-3-1)29-15-10-16-30(26-29)39-32-18-6-8-20-34(32)40(35-21-9-7-19-33(35)39)36-22-11-23-38-41(36)37-25-24-28-14-4-5-17-31(28)42(37)43-38/h1-26H/i1D. The van der Waals surface area contributed by atoms with E-state index in [9.17, 15) is 0 Å². The first-order chi connectivity index (χ1) is 21.7. The van der Waals surface area contributed by atoms with E-state index in [1.165, 1.54) is 49.2 Å². The predicted octanol–water partition coefficient (Wildman–Crippen LogP) is 12.0. The van der Waals surface area contributed by atoms with Crippen LogP contribution in [-0.2, 0) is 0 Å². The lowest BCUT2D eigenvalue weighted by atomic mass is 9.84. The van der Waals surface area contributed by atoms with Gasteiger partial charge in [0.25, 0.3) is 0 Å². The van der Waals surface area contributed by atoms with Crippen molar-refractivity contribution in [2.75, 3.05) is 0 Å². The van der Waals surface area contributed by atoms with Gasteiger partial charge in [0.15, 0.2) is 0 Å². The van der Waals surface area contributed by atoms with Crippen molar-refractivity contribution in [2.24, 2.45) is 0 Å². The Bertz CT molecular complexity index is 2500. The first-order valence-electron chi connectivity index (χ1n) is 15.2. The average Bonchev–Trinajstić information content (AvgIpc) is 3.47. The third-order valence-corrected chi connectivity index (χ3v) is 8.79. The highest BCUT2D eigenvalue weighted by atomic mass is 16.3. The highest BCUT2D eigenvalue weighted by molar-refractivity contribution is 6.27. The van der Waals surface area contributed by atoms with Gasteiger partial charge in [-0.1, -0.05) is 140 Å². The van der Waals surface area contributed by atoms with Gasteiger partial charge in [0.2, 0.25) is 0 Å². The maximum Gasteiger partial charge on any atom is 0.143 e. The number of hydrogen-bond acceptors (Lipinski definition) is 1. The van der Waals surface area contributed by atoms with Crippen LogP contribution < -0.4 is 0 Å². The molecule has 0 saturated heterocycles. The van der Waals surface area contributed by atoms with E-state index in [4.69, 9.17) is 5.79 Å². The molecule has 200 valence electrons. The largest absolute Gasteiger partial charge is 0.455 e. The highest BCUT2D eigenvalue weighted by Gasteiger charge is 2.20. The van der Waals surface area contributed by atoms with Crippen LogP contribution in [0.3, 0.4) is 0 Å². The number of hydrogen-bond donors (Lipinski definition) is 0. The van der Waals surface area contributed by atoms with E-state index in [1.54, 1.807) is 0 Å². The Kier molecular flexibility index (Phi) is 5.04. The van der Waals surface area contributed by atoms with Gasteiger partial charge in [0.05, 0.1) is 1.37 Å². The Balaban J connectivity index is 1.37. The van der Waals surface area contributed by atoms with Crippen LogP contribution >= 0.6 is 0 Å². The Labute approximate surface area is 250 Å². The van der Waals surface area contributed by atoms with E-state index in [0.29, 0.717) is 6.04 Å². The molecule has 1 heteroatoms. The summed E-state index contributed by atoms with van der Waals surface area (Å²) in [7, 11) is 0.